The van der Waals surface area contributed by atoms with E-state index in [4.69, 9.17) is 14.3 Å². The Bertz CT molecular complexity index is 1580. The minimum absolute atomic E-state index is 0.185. The molecule has 41 heavy (non-hydrogen) atoms. The smallest absolute Gasteiger partial charge is 0.407 e. The van der Waals surface area contributed by atoms with E-state index in [1.165, 1.54) is 30.6 Å². The summed E-state index contributed by atoms with van der Waals surface area (Å²) in [6, 6.07) is 18.0. The van der Waals surface area contributed by atoms with Gasteiger partial charge in [-0.2, -0.15) is 8.42 Å². The largest absolute Gasteiger partial charge is 0.453 e. The van der Waals surface area contributed by atoms with Crippen molar-refractivity contribution in [2.24, 2.45) is 0 Å². The van der Waals surface area contributed by atoms with Gasteiger partial charge in [0.05, 0.1) is 24.5 Å². The van der Waals surface area contributed by atoms with Gasteiger partial charge in [0.1, 0.15) is 11.0 Å². The van der Waals surface area contributed by atoms with Crippen LogP contribution < -0.4 is 15.4 Å². The van der Waals surface area contributed by atoms with Gasteiger partial charge < -0.3 is 15.4 Å². The summed E-state index contributed by atoms with van der Waals surface area (Å²) in [4.78, 5) is 34.8. The molecule has 2 atom stereocenters. The number of carbonyl (C=O) groups is 2. The maximum atomic E-state index is 13.6. The molecule has 4 aromatic rings. The molecule has 0 aliphatic heterocycles. The second-order valence-electron chi connectivity index (χ2n) is 9.18. The van der Waals surface area contributed by atoms with Gasteiger partial charge in [0.25, 0.3) is 0 Å². The number of anilines is 1. The summed E-state index contributed by atoms with van der Waals surface area (Å²) in [6.45, 7) is 1.90. The minimum Gasteiger partial charge on any atom is -0.453 e. The minimum atomic E-state index is -4.41. The van der Waals surface area contributed by atoms with Gasteiger partial charge in [-0.25, -0.2) is 9.78 Å². The first-order valence-electron chi connectivity index (χ1n) is 12.5. The van der Waals surface area contributed by atoms with Gasteiger partial charge in [-0.15, -0.1) is 11.3 Å². The first kappa shape index (κ1) is 29.6. The molecule has 2 amide bonds. The predicted molar refractivity (Wildman–Crippen MR) is 156 cm³/mol. The first-order chi connectivity index (χ1) is 19.6. The molecule has 0 aliphatic carbocycles. The third kappa shape index (κ3) is 8.83. The second kappa shape index (κ2) is 13.4. The number of carbonyl (C=O) groups excluding carboxylic acids is 2. The Morgan fingerprint density at radius 1 is 0.976 bits per heavy atom. The normalized spacial score (nSPS) is 12.7. The van der Waals surface area contributed by atoms with Gasteiger partial charge in [0.2, 0.25) is 5.91 Å². The second-order valence-corrected chi connectivity index (χ2v) is 11.2. The first-order valence-corrected chi connectivity index (χ1v) is 14.8. The Morgan fingerprint density at radius 2 is 1.68 bits per heavy atom. The van der Waals surface area contributed by atoms with Crippen molar-refractivity contribution in [2.45, 2.75) is 31.8 Å². The highest BCUT2D eigenvalue weighted by molar-refractivity contribution is 7.87. The van der Waals surface area contributed by atoms with Crippen molar-refractivity contribution in [1.82, 2.24) is 20.6 Å². The molecule has 2 aromatic heterocycles. The summed E-state index contributed by atoms with van der Waals surface area (Å²) >= 11 is 1.41. The van der Waals surface area contributed by atoms with Crippen LogP contribution >= 0.6 is 11.3 Å². The third-order valence-electron chi connectivity index (χ3n) is 6.07. The van der Waals surface area contributed by atoms with E-state index in [0.717, 1.165) is 27.4 Å². The highest BCUT2D eigenvalue weighted by atomic mass is 32.2. The van der Waals surface area contributed by atoms with Crippen LogP contribution in [0.15, 0.2) is 78.3 Å². The number of hydrogen-bond donors (Lipinski definition) is 4. The highest BCUT2D eigenvalue weighted by Gasteiger charge is 2.26. The van der Waals surface area contributed by atoms with Gasteiger partial charge in [0, 0.05) is 29.3 Å². The molecule has 2 unspecified atom stereocenters. The van der Waals surface area contributed by atoms with Crippen LogP contribution in [-0.2, 0) is 32.7 Å². The van der Waals surface area contributed by atoms with Gasteiger partial charge in [-0.3, -0.25) is 19.1 Å². The number of amides is 2. The van der Waals surface area contributed by atoms with Crippen LogP contribution in [0.4, 0.5) is 10.5 Å². The molecule has 13 heteroatoms. The maximum Gasteiger partial charge on any atom is 0.407 e. The van der Waals surface area contributed by atoms with Crippen LogP contribution in [0.5, 0.6) is 0 Å². The van der Waals surface area contributed by atoms with Gasteiger partial charge in [-0.05, 0) is 48.7 Å². The molecule has 0 aliphatic rings. The van der Waals surface area contributed by atoms with Crippen molar-refractivity contribution >= 4 is 39.3 Å². The molecule has 0 saturated carbocycles. The van der Waals surface area contributed by atoms with Gasteiger partial charge >= 0.3 is 16.4 Å². The number of nitrogens with one attached hydrogen (secondary N) is 3. The van der Waals surface area contributed by atoms with Crippen LogP contribution in [0.1, 0.15) is 28.6 Å². The lowest BCUT2D eigenvalue weighted by Gasteiger charge is -2.23. The lowest BCUT2D eigenvalue weighted by molar-refractivity contribution is -0.123. The number of thiazole rings is 1. The molecule has 0 spiro atoms. The standard InChI is InChI=1S/C28H29N5O6S2/c1-18-8-11-21(16-29-18)27-31-25(17-40-27)23(14-20-9-12-22(13-10-20)33-41(36,37)38)30-26(34)24(32-28(35)39-2)15-19-6-4-3-5-7-19/h3-13,16-17,23-24,33H,14-15H2,1-2H3,(H,30,34)(H,32,35)(H,36,37,38). The molecule has 4 rings (SSSR count). The lowest BCUT2D eigenvalue weighted by atomic mass is 10.0. The van der Waals surface area contributed by atoms with E-state index in [9.17, 15) is 18.0 Å². The fourth-order valence-corrected chi connectivity index (χ4v) is 5.33. The van der Waals surface area contributed by atoms with E-state index in [1.54, 1.807) is 18.3 Å². The summed E-state index contributed by atoms with van der Waals surface area (Å²) in [5.41, 5.74) is 4.13. The van der Waals surface area contributed by atoms with E-state index >= 15 is 0 Å². The molecule has 2 heterocycles. The zero-order valence-electron chi connectivity index (χ0n) is 22.3. The van der Waals surface area contributed by atoms with Gasteiger partial charge in [-0.1, -0.05) is 42.5 Å². The van der Waals surface area contributed by atoms with Crippen LogP contribution in [0.3, 0.4) is 0 Å². The number of pyridine rings is 1. The van der Waals surface area contributed by atoms with Crippen molar-refractivity contribution < 1.29 is 27.3 Å². The van der Waals surface area contributed by atoms with E-state index in [1.807, 2.05) is 59.5 Å². The number of aryl methyl sites for hydroxylation is 1. The molecule has 214 valence electrons. The number of aromatic nitrogens is 2. The number of methoxy groups -OCH3 is 1. The Labute approximate surface area is 241 Å². The van der Waals surface area contributed by atoms with E-state index < -0.39 is 34.4 Å². The predicted octanol–water partition coefficient (Wildman–Crippen LogP) is 4.10. The number of rotatable bonds is 11. The summed E-state index contributed by atoms with van der Waals surface area (Å²) in [5.74, 6) is -0.430. The van der Waals surface area contributed by atoms with Crippen molar-refractivity contribution in [1.29, 1.82) is 0 Å². The Hall–Kier alpha value is -4.33. The lowest BCUT2D eigenvalue weighted by Crippen LogP contribution is -2.49. The molecule has 0 saturated heterocycles. The van der Waals surface area contributed by atoms with Crippen LogP contribution in [0.25, 0.3) is 10.6 Å². The molecule has 0 fully saturated rings. The average molecular weight is 596 g/mol. The Morgan fingerprint density at radius 3 is 2.32 bits per heavy atom. The number of benzene rings is 2. The Balaban J connectivity index is 1.61. The van der Waals surface area contributed by atoms with E-state index in [2.05, 4.69) is 15.6 Å². The average Bonchev–Trinajstić information content (AvgIpc) is 3.44. The van der Waals surface area contributed by atoms with Crippen molar-refractivity contribution in [3.05, 3.63) is 101 Å². The zero-order chi connectivity index (χ0) is 29.4. The van der Waals surface area contributed by atoms with Crippen LogP contribution in [-0.4, -0.2) is 48.1 Å². The number of hydrogen-bond acceptors (Lipinski definition) is 8. The summed E-state index contributed by atoms with van der Waals surface area (Å²) < 4.78 is 38.1. The molecule has 2 aromatic carbocycles. The Kier molecular flexibility index (Phi) is 9.65. The summed E-state index contributed by atoms with van der Waals surface area (Å²) in [5, 5.41) is 8.22. The van der Waals surface area contributed by atoms with Crippen LogP contribution in [0.2, 0.25) is 0 Å². The van der Waals surface area contributed by atoms with E-state index in [0.29, 0.717) is 12.1 Å². The maximum absolute atomic E-state index is 13.6. The molecule has 11 nitrogen and oxygen atoms in total. The topological polar surface area (TPSA) is 160 Å². The van der Waals surface area contributed by atoms with Crippen molar-refractivity contribution in [3.8, 4) is 10.6 Å². The molecule has 0 bridgehead atoms. The molecular formula is C28H29N5O6S2. The van der Waals surface area contributed by atoms with Crippen LogP contribution in [0, 0.1) is 6.92 Å². The van der Waals surface area contributed by atoms with Crippen molar-refractivity contribution in [2.75, 3.05) is 11.8 Å². The zero-order valence-corrected chi connectivity index (χ0v) is 23.9. The SMILES string of the molecule is COC(=O)NC(Cc1ccccc1)C(=O)NC(Cc1ccc(NS(=O)(=O)O)cc1)c1csc(-c2ccc(C)nc2)n1. The monoisotopic (exact) mass is 595 g/mol. The highest BCUT2D eigenvalue weighted by Crippen LogP contribution is 2.28. The summed E-state index contributed by atoms with van der Waals surface area (Å²) in [7, 11) is -3.18. The van der Waals surface area contributed by atoms with E-state index in [-0.39, 0.29) is 12.1 Å². The van der Waals surface area contributed by atoms with Crippen molar-refractivity contribution in [3.63, 3.8) is 0 Å². The molecule has 0 radical (unpaired) electrons. The summed E-state index contributed by atoms with van der Waals surface area (Å²) in [6.07, 6.45) is 1.55. The third-order valence-corrected chi connectivity index (χ3v) is 7.47. The molecule has 4 N–H and O–H groups in total. The number of alkyl carbamates (subject to hydrolysis) is 1. The fourth-order valence-electron chi connectivity index (χ4n) is 4.03. The fraction of sp³-hybridized carbons (Fsp3) is 0.214. The van der Waals surface area contributed by atoms with Gasteiger partial charge in [0.15, 0.2) is 0 Å². The number of ether oxygens (including phenoxy) is 1. The quantitative estimate of drug-likeness (QED) is 0.189. The number of nitrogens with zero attached hydrogens (tertiary/aromatic N) is 2. The molecular weight excluding hydrogens is 566 g/mol.